The van der Waals surface area contributed by atoms with Gasteiger partial charge in [-0.1, -0.05) is 45.0 Å². The summed E-state index contributed by atoms with van der Waals surface area (Å²) in [6.45, 7) is 13.5. The van der Waals surface area contributed by atoms with Crippen molar-refractivity contribution < 1.29 is 9.32 Å². The third-order valence-electron chi connectivity index (χ3n) is 4.09. The quantitative estimate of drug-likeness (QED) is 0.778. The lowest BCUT2D eigenvalue weighted by molar-refractivity contribution is -0.135. The second kappa shape index (κ2) is 7.65. The fraction of sp³-hybridized carbons (Fsp3) is 0.500. The Bertz CT molecular complexity index is 701. The second-order valence-electron chi connectivity index (χ2n) is 7.25. The van der Waals surface area contributed by atoms with Gasteiger partial charge in [-0.25, -0.2) is 0 Å². The standard InChI is InChI=1S/C20H28N2O2/c1-13(2)11-22(20(23)14(3)4)12-18-10-19(24-21-18)17-8-7-15(5)16(6)9-17/h7-10,13-14H,11-12H2,1-6H3. The van der Waals surface area contributed by atoms with Gasteiger partial charge in [-0.15, -0.1) is 0 Å². The molecule has 0 aliphatic carbocycles. The summed E-state index contributed by atoms with van der Waals surface area (Å²) in [7, 11) is 0. The van der Waals surface area contributed by atoms with Gasteiger partial charge in [0, 0.05) is 24.1 Å². The van der Waals surface area contributed by atoms with Crippen LogP contribution in [-0.2, 0) is 11.3 Å². The molecule has 1 amide bonds. The molecule has 2 rings (SSSR count). The van der Waals surface area contributed by atoms with Gasteiger partial charge in [0.2, 0.25) is 5.91 Å². The van der Waals surface area contributed by atoms with Crippen molar-refractivity contribution in [1.82, 2.24) is 10.1 Å². The van der Waals surface area contributed by atoms with Crippen LogP contribution in [0, 0.1) is 25.7 Å². The molecule has 0 atom stereocenters. The fourth-order valence-electron chi connectivity index (χ4n) is 2.65. The highest BCUT2D eigenvalue weighted by atomic mass is 16.5. The van der Waals surface area contributed by atoms with E-state index in [1.54, 1.807) is 0 Å². The van der Waals surface area contributed by atoms with E-state index in [0.29, 0.717) is 12.5 Å². The first-order valence-corrected chi connectivity index (χ1v) is 8.60. The Morgan fingerprint density at radius 3 is 2.42 bits per heavy atom. The van der Waals surface area contributed by atoms with Crippen molar-refractivity contribution in [3.8, 4) is 11.3 Å². The van der Waals surface area contributed by atoms with Crippen LogP contribution < -0.4 is 0 Å². The molecule has 0 unspecified atom stereocenters. The maximum absolute atomic E-state index is 12.4. The molecule has 0 aliphatic rings. The van der Waals surface area contributed by atoms with Crippen molar-refractivity contribution in [3.63, 3.8) is 0 Å². The van der Waals surface area contributed by atoms with E-state index in [9.17, 15) is 4.79 Å². The first-order chi connectivity index (χ1) is 11.3. The van der Waals surface area contributed by atoms with E-state index >= 15 is 0 Å². The van der Waals surface area contributed by atoms with Gasteiger partial charge in [-0.3, -0.25) is 4.79 Å². The molecule has 0 aliphatic heterocycles. The van der Waals surface area contributed by atoms with Gasteiger partial charge >= 0.3 is 0 Å². The number of benzene rings is 1. The van der Waals surface area contributed by atoms with Crippen molar-refractivity contribution in [2.24, 2.45) is 11.8 Å². The lowest BCUT2D eigenvalue weighted by Gasteiger charge is -2.25. The third kappa shape index (κ3) is 4.47. The van der Waals surface area contributed by atoms with Crippen molar-refractivity contribution in [1.29, 1.82) is 0 Å². The minimum atomic E-state index is -0.0186. The highest BCUT2D eigenvalue weighted by Crippen LogP contribution is 2.23. The third-order valence-corrected chi connectivity index (χ3v) is 4.09. The number of carbonyl (C=O) groups excluding carboxylic acids is 1. The van der Waals surface area contributed by atoms with Gasteiger partial charge in [0.15, 0.2) is 5.76 Å². The normalized spacial score (nSPS) is 11.3. The number of aromatic nitrogens is 1. The van der Waals surface area contributed by atoms with Crippen LogP contribution in [0.5, 0.6) is 0 Å². The molecule has 0 saturated carbocycles. The topological polar surface area (TPSA) is 46.3 Å². The zero-order valence-electron chi connectivity index (χ0n) is 15.6. The molecule has 0 bridgehead atoms. The Kier molecular flexibility index (Phi) is 5.81. The lowest BCUT2D eigenvalue weighted by Crippen LogP contribution is -2.36. The smallest absolute Gasteiger partial charge is 0.225 e. The van der Waals surface area contributed by atoms with Gasteiger partial charge in [0.25, 0.3) is 0 Å². The van der Waals surface area contributed by atoms with Crippen LogP contribution in [0.15, 0.2) is 28.8 Å². The van der Waals surface area contributed by atoms with E-state index in [1.807, 2.05) is 30.9 Å². The Balaban J connectivity index is 2.18. The molecular weight excluding hydrogens is 300 g/mol. The Hall–Kier alpha value is -2.10. The van der Waals surface area contributed by atoms with Gasteiger partial charge in [-0.05, 0) is 37.0 Å². The van der Waals surface area contributed by atoms with E-state index in [1.165, 1.54) is 11.1 Å². The van der Waals surface area contributed by atoms with Crippen molar-refractivity contribution in [3.05, 3.63) is 41.1 Å². The summed E-state index contributed by atoms with van der Waals surface area (Å²) in [5.74, 6) is 1.29. The minimum Gasteiger partial charge on any atom is -0.356 e. The summed E-state index contributed by atoms with van der Waals surface area (Å²) in [5.41, 5.74) is 4.28. The summed E-state index contributed by atoms with van der Waals surface area (Å²) in [4.78, 5) is 14.3. The van der Waals surface area contributed by atoms with Gasteiger partial charge in [0.05, 0.1) is 6.54 Å². The highest BCUT2D eigenvalue weighted by Gasteiger charge is 2.20. The molecule has 4 nitrogen and oxygen atoms in total. The molecule has 0 spiro atoms. The number of hydrogen-bond donors (Lipinski definition) is 0. The fourth-order valence-corrected chi connectivity index (χ4v) is 2.65. The molecule has 4 heteroatoms. The van der Waals surface area contributed by atoms with Crippen LogP contribution >= 0.6 is 0 Å². The van der Waals surface area contributed by atoms with Crippen LogP contribution in [-0.4, -0.2) is 22.5 Å². The maximum atomic E-state index is 12.4. The van der Waals surface area contributed by atoms with Crippen LogP contribution in [0.2, 0.25) is 0 Å². The van der Waals surface area contributed by atoms with Gasteiger partial charge < -0.3 is 9.42 Å². The molecule has 0 saturated heterocycles. The monoisotopic (exact) mass is 328 g/mol. The molecule has 1 aromatic carbocycles. The van der Waals surface area contributed by atoms with Crippen LogP contribution in [0.3, 0.4) is 0 Å². The molecule has 0 fully saturated rings. The predicted molar refractivity (Wildman–Crippen MR) is 96.5 cm³/mol. The summed E-state index contributed by atoms with van der Waals surface area (Å²) in [6, 6.07) is 8.16. The van der Waals surface area contributed by atoms with Gasteiger partial charge in [-0.2, -0.15) is 0 Å². The number of nitrogens with zero attached hydrogens (tertiary/aromatic N) is 2. The maximum Gasteiger partial charge on any atom is 0.225 e. The van der Waals surface area contributed by atoms with E-state index in [0.717, 1.165) is 23.6 Å². The second-order valence-corrected chi connectivity index (χ2v) is 7.25. The van der Waals surface area contributed by atoms with Crippen molar-refractivity contribution in [2.75, 3.05) is 6.54 Å². The number of rotatable bonds is 6. The zero-order chi connectivity index (χ0) is 17.9. The minimum absolute atomic E-state index is 0.0186. The summed E-state index contributed by atoms with van der Waals surface area (Å²) in [6.07, 6.45) is 0. The van der Waals surface area contributed by atoms with E-state index in [-0.39, 0.29) is 11.8 Å². The number of carbonyl (C=O) groups is 1. The summed E-state index contributed by atoms with van der Waals surface area (Å²) < 4.78 is 5.50. The average Bonchev–Trinajstić information content (AvgIpc) is 2.96. The van der Waals surface area contributed by atoms with Gasteiger partial charge in [0.1, 0.15) is 5.69 Å². The van der Waals surface area contributed by atoms with Crippen molar-refractivity contribution in [2.45, 2.75) is 48.1 Å². The summed E-state index contributed by atoms with van der Waals surface area (Å²) >= 11 is 0. The molecule has 2 aromatic rings. The molecule has 1 aromatic heterocycles. The lowest BCUT2D eigenvalue weighted by atomic mass is 10.0. The molecule has 24 heavy (non-hydrogen) atoms. The Labute approximate surface area is 144 Å². The predicted octanol–water partition coefficient (Wildman–Crippen LogP) is 4.60. The van der Waals surface area contributed by atoms with Crippen LogP contribution in [0.1, 0.15) is 44.5 Å². The largest absolute Gasteiger partial charge is 0.356 e. The molecule has 0 radical (unpaired) electrons. The van der Waals surface area contributed by atoms with E-state index in [2.05, 4.69) is 45.0 Å². The Morgan fingerprint density at radius 2 is 1.83 bits per heavy atom. The number of amides is 1. The van der Waals surface area contributed by atoms with Crippen LogP contribution in [0.4, 0.5) is 0 Å². The molecule has 1 heterocycles. The average molecular weight is 328 g/mol. The molecule has 0 N–H and O–H groups in total. The SMILES string of the molecule is Cc1ccc(-c2cc(CN(CC(C)C)C(=O)C(C)C)no2)cc1C. The Morgan fingerprint density at radius 1 is 1.12 bits per heavy atom. The number of hydrogen-bond acceptors (Lipinski definition) is 3. The highest BCUT2D eigenvalue weighted by molar-refractivity contribution is 5.78. The number of aryl methyl sites for hydroxylation is 2. The van der Waals surface area contributed by atoms with E-state index < -0.39 is 0 Å². The molecular formula is C20H28N2O2. The summed E-state index contributed by atoms with van der Waals surface area (Å²) in [5, 5.41) is 4.16. The van der Waals surface area contributed by atoms with Crippen LogP contribution in [0.25, 0.3) is 11.3 Å². The zero-order valence-corrected chi connectivity index (χ0v) is 15.6. The first-order valence-electron chi connectivity index (χ1n) is 8.60. The van der Waals surface area contributed by atoms with Crippen molar-refractivity contribution >= 4 is 5.91 Å². The van der Waals surface area contributed by atoms with E-state index in [4.69, 9.17) is 4.52 Å². The first kappa shape index (κ1) is 18.2. The molecule has 130 valence electrons.